The average molecular weight is 841 g/mol. The monoisotopic (exact) mass is 840 g/mol. The Kier molecular flexibility index (Phi) is 12.6. The number of hydrogen-bond acceptors (Lipinski definition) is 7. The van der Waals surface area contributed by atoms with Crippen LogP contribution in [0.5, 0.6) is 0 Å². The molecule has 4 N–H and O–H groups in total. The molecular weight excluding hydrogens is 781 g/mol. The lowest BCUT2D eigenvalue weighted by atomic mass is 9.73. The van der Waals surface area contributed by atoms with Crippen molar-refractivity contribution in [3.8, 4) is 33.6 Å². The number of ketones is 1. The van der Waals surface area contributed by atoms with Crippen molar-refractivity contribution in [2.75, 3.05) is 20.8 Å². The minimum atomic E-state index is -0.650. The topological polar surface area (TPSA) is 159 Å². The summed E-state index contributed by atoms with van der Waals surface area (Å²) in [4.78, 5) is 66.1. The molecule has 1 aliphatic heterocycles. The zero-order valence-corrected chi connectivity index (χ0v) is 36.8. The van der Waals surface area contributed by atoms with Gasteiger partial charge in [0.15, 0.2) is 5.78 Å². The normalized spacial score (nSPS) is 19.7. The maximum absolute atomic E-state index is 13.9. The van der Waals surface area contributed by atoms with E-state index in [9.17, 15) is 19.2 Å². The number of methoxy groups -OCH3 is 2. The fourth-order valence-electron chi connectivity index (χ4n) is 10.2. The Bertz CT molecular complexity index is 2450. The molecule has 1 saturated heterocycles. The number of benzene rings is 3. The molecule has 1 unspecified atom stereocenters. The van der Waals surface area contributed by atoms with Gasteiger partial charge in [-0.05, 0) is 108 Å². The molecule has 3 aliphatic rings. The lowest BCUT2D eigenvalue weighted by Crippen LogP contribution is -2.51. The summed E-state index contributed by atoms with van der Waals surface area (Å²) in [5.41, 5.74) is 10.3. The molecule has 5 atom stereocenters. The summed E-state index contributed by atoms with van der Waals surface area (Å²) in [6, 6.07) is 20.5. The van der Waals surface area contributed by atoms with E-state index in [1.54, 1.807) is 0 Å². The third-order valence-electron chi connectivity index (χ3n) is 13.5. The summed E-state index contributed by atoms with van der Waals surface area (Å²) < 4.78 is 9.66. The number of hydrogen-bond donors (Lipinski definition) is 4. The van der Waals surface area contributed by atoms with E-state index in [0.29, 0.717) is 6.54 Å². The van der Waals surface area contributed by atoms with Crippen LogP contribution in [0.1, 0.15) is 107 Å². The maximum Gasteiger partial charge on any atom is 0.407 e. The molecule has 12 heteroatoms. The second-order valence-corrected chi connectivity index (χ2v) is 18.1. The van der Waals surface area contributed by atoms with Crippen LogP contribution < -0.4 is 10.6 Å². The number of likely N-dealkylation sites (tertiary alicyclic amines) is 1. The molecule has 3 heterocycles. The number of H-pyrrole nitrogens is 2. The van der Waals surface area contributed by atoms with Crippen LogP contribution >= 0.6 is 0 Å². The molecular formula is C50H60N6O6. The van der Waals surface area contributed by atoms with Crippen LogP contribution in [-0.2, 0) is 31.9 Å². The Hall–Kier alpha value is -5.91. The van der Waals surface area contributed by atoms with Gasteiger partial charge < -0.3 is 35.0 Å². The van der Waals surface area contributed by atoms with Crippen LogP contribution in [0.25, 0.3) is 44.4 Å². The first kappa shape index (κ1) is 42.8. The van der Waals surface area contributed by atoms with E-state index in [1.807, 2.05) is 38.8 Å². The summed E-state index contributed by atoms with van der Waals surface area (Å²) in [6.07, 6.45) is 9.20. The van der Waals surface area contributed by atoms with Gasteiger partial charge in [-0.3, -0.25) is 9.59 Å². The van der Waals surface area contributed by atoms with Gasteiger partial charge in [0.05, 0.1) is 38.2 Å². The molecule has 2 fully saturated rings. The highest BCUT2D eigenvalue weighted by molar-refractivity contribution is 5.92. The highest BCUT2D eigenvalue weighted by atomic mass is 16.5. The van der Waals surface area contributed by atoms with Crippen LogP contribution in [-0.4, -0.2) is 76.6 Å². The van der Waals surface area contributed by atoms with Gasteiger partial charge in [-0.2, -0.15) is 0 Å². The molecule has 326 valence electrons. The summed E-state index contributed by atoms with van der Waals surface area (Å²) in [5, 5.41) is 7.80. The van der Waals surface area contributed by atoms with E-state index in [-0.39, 0.29) is 41.4 Å². The molecule has 3 aromatic carbocycles. The van der Waals surface area contributed by atoms with Crippen LogP contribution in [0.3, 0.4) is 0 Å². The molecule has 8 rings (SSSR count). The number of rotatable bonds is 12. The highest BCUT2D eigenvalue weighted by Crippen LogP contribution is 2.43. The van der Waals surface area contributed by atoms with Crippen molar-refractivity contribution < 1.29 is 28.7 Å². The van der Waals surface area contributed by atoms with E-state index < -0.39 is 24.3 Å². The Morgan fingerprint density at radius 1 is 0.694 bits per heavy atom. The summed E-state index contributed by atoms with van der Waals surface area (Å²) >= 11 is 0. The fraction of sp³-hybridized carbons (Fsp3) is 0.460. The predicted octanol–water partition coefficient (Wildman–Crippen LogP) is 9.65. The number of Topliss-reactive ketones (excluding diaryl/α,β-unsaturated/α-hetero) is 1. The number of aromatic nitrogens is 3. The van der Waals surface area contributed by atoms with Gasteiger partial charge in [-0.1, -0.05) is 89.1 Å². The van der Waals surface area contributed by atoms with Crippen LogP contribution in [0.4, 0.5) is 9.59 Å². The van der Waals surface area contributed by atoms with Crippen molar-refractivity contribution >= 4 is 34.6 Å². The number of carbonyl (C=O) groups excluding carboxylic acids is 4. The average Bonchev–Trinajstić information content (AvgIpc) is 4.12. The molecule has 0 spiro atoms. The first-order valence-corrected chi connectivity index (χ1v) is 22.4. The fourth-order valence-corrected chi connectivity index (χ4v) is 10.2. The third-order valence-corrected chi connectivity index (χ3v) is 13.5. The Morgan fingerprint density at radius 2 is 1.31 bits per heavy atom. The Morgan fingerprint density at radius 3 is 2.00 bits per heavy atom. The Balaban J connectivity index is 0.985. The molecule has 2 aliphatic carbocycles. The second-order valence-electron chi connectivity index (χ2n) is 18.1. The van der Waals surface area contributed by atoms with Crippen molar-refractivity contribution in [3.05, 3.63) is 89.5 Å². The van der Waals surface area contributed by atoms with Gasteiger partial charge >= 0.3 is 12.2 Å². The van der Waals surface area contributed by atoms with Gasteiger partial charge in [0.2, 0.25) is 5.91 Å². The quantitative estimate of drug-likeness (QED) is 0.0974. The van der Waals surface area contributed by atoms with Crippen LogP contribution in [0, 0.1) is 17.8 Å². The summed E-state index contributed by atoms with van der Waals surface area (Å²) in [6.45, 7) is 8.44. The van der Waals surface area contributed by atoms with Crippen molar-refractivity contribution in [2.45, 2.75) is 110 Å². The van der Waals surface area contributed by atoms with Gasteiger partial charge in [0.25, 0.3) is 0 Å². The van der Waals surface area contributed by atoms with E-state index in [2.05, 4.69) is 81.3 Å². The number of imidazole rings is 1. The number of fused-ring (bicyclic) bond motifs is 2. The SMILES string of the molecule is COC(=O)NC(C(=O)[C@H]1CCCC[C@H]1c1ncc(-c2ccc3cc(-c4ccc(-c5[nH]c([C@@H]6CCCN6C(=O)[C@@H](NC(=O)OC)C(C)C)c6c5CCC6)cc4)ccc3c2)[nH]1)C(C)C. The van der Waals surface area contributed by atoms with Gasteiger partial charge in [-0.25, -0.2) is 14.6 Å². The van der Waals surface area contributed by atoms with Crippen LogP contribution in [0.2, 0.25) is 0 Å². The standard InChI is InChI=1S/C50H60N6O6/c1-28(2)42(54-49(59)61-5)46(57)38-11-7-8-12-39(38)47-51-27-40(52-47)35-23-22-33-25-32(20-21-34(33)26-35)30-16-18-31(19-17-30)44-36-13-9-14-37(36)45(53-44)41-15-10-24-56(41)48(58)43(29(3)4)55-50(60)62-6/h16-23,25-29,38-39,41-43,53H,7-15,24H2,1-6H3,(H,51,52)(H,54,59)(H,55,60)/t38-,39+,41-,42?,43-/m0/s1. The first-order chi connectivity index (χ1) is 29.9. The zero-order valence-electron chi connectivity index (χ0n) is 36.8. The van der Waals surface area contributed by atoms with E-state index in [1.165, 1.54) is 25.3 Å². The minimum absolute atomic E-state index is 0.0417. The zero-order chi connectivity index (χ0) is 43.7. The van der Waals surface area contributed by atoms with Crippen molar-refractivity contribution in [2.24, 2.45) is 17.8 Å². The van der Waals surface area contributed by atoms with Gasteiger partial charge in [0.1, 0.15) is 11.9 Å². The molecule has 1 saturated carbocycles. The molecule has 2 aromatic heterocycles. The molecule has 3 amide bonds. The largest absolute Gasteiger partial charge is 0.453 e. The number of carbonyl (C=O) groups is 4. The van der Waals surface area contributed by atoms with Crippen molar-refractivity contribution in [1.82, 2.24) is 30.5 Å². The summed E-state index contributed by atoms with van der Waals surface area (Å²) in [7, 11) is 2.64. The van der Waals surface area contributed by atoms with Crippen molar-refractivity contribution in [1.29, 1.82) is 0 Å². The van der Waals surface area contributed by atoms with Crippen LogP contribution in [0.15, 0.2) is 66.9 Å². The van der Waals surface area contributed by atoms with Gasteiger partial charge in [-0.15, -0.1) is 0 Å². The van der Waals surface area contributed by atoms with Gasteiger partial charge in [0, 0.05) is 35.3 Å². The summed E-state index contributed by atoms with van der Waals surface area (Å²) in [5.74, 6) is 0.373. The highest BCUT2D eigenvalue weighted by Gasteiger charge is 2.40. The van der Waals surface area contributed by atoms with E-state index >= 15 is 0 Å². The third kappa shape index (κ3) is 8.48. The molecule has 5 aromatic rings. The smallest absolute Gasteiger partial charge is 0.407 e. The molecule has 0 radical (unpaired) electrons. The van der Waals surface area contributed by atoms with E-state index in [0.717, 1.165) is 114 Å². The maximum atomic E-state index is 13.9. The second kappa shape index (κ2) is 18.2. The number of aromatic amines is 2. The first-order valence-electron chi connectivity index (χ1n) is 22.4. The minimum Gasteiger partial charge on any atom is -0.453 e. The molecule has 0 bridgehead atoms. The number of alkyl carbamates (subject to hydrolysis) is 2. The lowest BCUT2D eigenvalue weighted by Gasteiger charge is -2.33. The molecule has 12 nitrogen and oxygen atoms in total. The Labute approximate surface area is 363 Å². The van der Waals surface area contributed by atoms with E-state index in [4.69, 9.17) is 14.5 Å². The molecule has 62 heavy (non-hydrogen) atoms. The number of nitrogens with zero attached hydrogens (tertiary/aromatic N) is 2. The number of amides is 3. The number of nitrogens with one attached hydrogen (secondary N) is 4. The predicted molar refractivity (Wildman–Crippen MR) is 241 cm³/mol. The van der Waals surface area contributed by atoms with Crippen molar-refractivity contribution in [3.63, 3.8) is 0 Å². The lowest BCUT2D eigenvalue weighted by molar-refractivity contribution is -0.135. The number of ether oxygens (including phenoxy) is 2.